The fraction of sp³-hybridized carbons (Fsp3) is 0.391. The number of anilines is 1. The van der Waals surface area contributed by atoms with Crippen LogP contribution in [-0.2, 0) is 0 Å². The van der Waals surface area contributed by atoms with Gasteiger partial charge in [0.1, 0.15) is 17.1 Å². The van der Waals surface area contributed by atoms with Crippen LogP contribution in [0.25, 0.3) is 5.65 Å². The van der Waals surface area contributed by atoms with Gasteiger partial charge in [-0.25, -0.2) is 4.98 Å². The molecule has 3 heterocycles. The Morgan fingerprint density at radius 2 is 2.07 bits per heavy atom. The largest absolute Gasteiger partial charge is 0.494 e. The number of nitrogens with zero attached hydrogens (tertiary/aromatic N) is 3. The predicted octanol–water partition coefficient (Wildman–Crippen LogP) is 4.97. The van der Waals surface area contributed by atoms with Crippen LogP contribution < -0.4 is 9.64 Å². The summed E-state index contributed by atoms with van der Waals surface area (Å²) in [6.45, 7) is 11.1. The lowest BCUT2D eigenvalue weighted by Crippen LogP contribution is -2.51. The molecule has 3 aromatic rings. The highest BCUT2D eigenvalue weighted by Crippen LogP contribution is 2.45. The minimum absolute atomic E-state index is 0.0644. The zero-order valence-corrected chi connectivity index (χ0v) is 17.2. The highest BCUT2D eigenvalue weighted by molar-refractivity contribution is 6.07. The van der Waals surface area contributed by atoms with Gasteiger partial charge in [0, 0.05) is 23.1 Å². The molecule has 0 aliphatic carbocycles. The smallest absolute Gasteiger partial charge is 0.279 e. The van der Waals surface area contributed by atoms with Crippen molar-refractivity contribution in [2.45, 2.75) is 52.5 Å². The van der Waals surface area contributed by atoms with E-state index in [4.69, 9.17) is 4.74 Å². The molecule has 1 atom stereocenters. The Balaban J connectivity index is 1.81. The number of aromatic nitrogens is 2. The van der Waals surface area contributed by atoms with Crippen molar-refractivity contribution in [2.75, 3.05) is 11.5 Å². The van der Waals surface area contributed by atoms with Crippen LogP contribution in [0.4, 0.5) is 5.69 Å². The number of carbonyl (C=O) groups excluding carboxylic acids is 1. The van der Waals surface area contributed by atoms with Crippen LogP contribution in [0.2, 0.25) is 0 Å². The molecular formula is C23H27N3O2. The van der Waals surface area contributed by atoms with Crippen molar-refractivity contribution < 1.29 is 9.53 Å². The van der Waals surface area contributed by atoms with Gasteiger partial charge >= 0.3 is 0 Å². The van der Waals surface area contributed by atoms with Crippen molar-refractivity contribution in [3.05, 3.63) is 59.5 Å². The van der Waals surface area contributed by atoms with Crippen LogP contribution in [0.5, 0.6) is 5.75 Å². The van der Waals surface area contributed by atoms with E-state index in [2.05, 4.69) is 31.8 Å². The highest BCUT2D eigenvalue weighted by Gasteiger charge is 2.41. The van der Waals surface area contributed by atoms with Crippen molar-refractivity contribution in [2.24, 2.45) is 0 Å². The number of fused-ring (bicyclic) bond motifs is 2. The third-order valence-electron chi connectivity index (χ3n) is 5.61. The van der Waals surface area contributed by atoms with E-state index in [1.807, 2.05) is 59.7 Å². The third kappa shape index (κ3) is 2.95. The molecule has 146 valence electrons. The monoisotopic (exact) mass is 377 g/mol. The second kappa shape index (κ2) is 6.66. The number of amides is 1. The maximum Gasteiger partial charge on any atom is 0.279 e. The molecule has 1 amide bonds. The van der Waals surface area contributed by atoms with Gasteiger partial charge in [0.15, 0.2) is 0 Å². The molecule has 0 saturated carbocycles. The first-order valence-corrected chi connectivity index (χ1v) is 9.88. The molecule has 4 rings (SSSR count). The molecule has 0 saturated heterocycles. The number of benzene rings is 1. The van der Waals surface area contributed by atoms with Crippen molar-refractivity contribution in [1.82, 2.24) is 9.38 Å². The van der Waals surface area contributed by atoms with E-state index >= 15 is 0 Å². The summed E-state index contributed by atoms with van der Waals surface area (Å²) in [4.78, 5) is 20.1. The summed E-state index contributed by atoms with van der Waals surface area (Å²) in [6.07, 6.45) is 2.73. The summed E-state index contributed by atoms with van der Waals surface area (Å²) in [5, 5.41) is 0. The van der Waals surface area contributed by atoms with Gasteiger partial charge in [-0.05, 0) is 75.9 Å². The van der Waals surface area contributed by atoms with Gasteiger partial charge in [-0.2, -0.15) is 0 Å². The maximum absolute atomic E-state index is 13.6. The molecule has 0 spiro atoms. The number of rotatable bonds is 3. The first-order valence-electron chi connectivity index (χ1n) is 9.88. The van der Waals surface area contributed by atoms with Gasteiger partial charge < -0.3 is 14.0 Å². The molecule has 1 aliphatic heterocycles. The fourth-order valence-electron chi connectivity index (χ4n) is 4.41. The Bertz CT molecular complexity index is 1050. The van der Waals surface area contributed by atoms with Crippen LogP contribution in [0.3, 0.4) is 0 Å². The average molecular weight is 377 g/mol. The summed E-state index contributed by atoms with van der Waals surface area (Å²) in [6, 6.07) is 11.9. The van der Waals surface area contributed by atoms with Crippen molar-refractivity contribution in [3.63, 3.8) is 0 Å². The van der Waals surface area contributed by atoms with E-state index in [9.17, 15) is 4.79 Å². The first kappa shape index (κ1) is 18.5. The molecule has 0 N–H and O–H groups in total. The number of hydrogen-bond donors (Lipinski definition) is 0. The lowest BCUT2D eigenvalue weighted by molar-refractivity contribution is 0.0949. The average Bonchev–Trinajstić information content (AvgIpc) is 3.07. The Morgan fingerprint density at radius 1 is 1.29 bits per heavy atom. The highest BCUT2D eigenvalue weighted by atomic mass is 16.5. The lowest BCUT2D eigenvalue weighted by atomic mass is 9.80. The molecular weight excluding hydrogens is 350 g/mol. The molecule has 2 aromatic heterocycles. The van der Waals surface area contributed by atoms with E-state index < -0.39 is 0 Å². The number of imidazole rings is 1. The Hall–Kier alpha value is -2.82. The number of ether oxygens (including phenoxy) is 1. The fourth-order valence-corrected chi connectivity index (χ4v) is 4.41. The van der Waals surface area contributed by atoms with E-state index in [0.717, 1.165) is 34.8 Å². The molecule has 1 unspecified atom stereocenters. The summed E-state index contributed by atoms with van der Waals surface area (Å²) in [7, 11) is 0. The maximum atomic E-state index is 13.6. The Labute approximate surface area is 166 Å². The molecule has 1 aromatic carbocycles. The predicted molar refractivity (Wildman–Crippen MR) is 111 cm³/mol. The van der Waals surface area contributed by atoms with E-state index in [1.54, 1.807) is 0 Å². The Kier molecular flexibility index (Phi) is 4.41. The molecule has 5 heteroatoms. The zero-order valence-electron chi connectivity index (χ0n) is 17.2. The van der Waals surface area contributed by atoms with Crippen LogP contribution in [0, 0.1) is 6.92 Å². The standard InChI is InChI=1S/C23H27N3O2/c1-6-28-17-10-11-20-18(12-17)15(2)13-23(4,5)26(20)22(27)19-14-25-16(3)8-7-9-21(25)24-19/h7-12,14-15H,6,13H2,1-5H3. The minimum atomic E-state index is -0.304. The molecule has 0 bridgehead atoms. The van der Waals surface area contributed by atoms with Gasteiger partial charge in [-0.15, -0.1) is 0 Å². The summed E-state index contributed by atoms with van der Waals surface area (Å²) in [5.41, 5.74) is 4.11. The summed E-state index contributed by atoms with van der Waals surface area (Å²) >= 11 is 0. The third-order valence-corrected chi connectivity index (χ3v) is 5.61. The second-order valence-electron chi connectivity index (χ2n) is 8.23. The van der Waals surface area contributed by atoms with Gasteiger partial charge in [0.2, 0.25) is 0 Å². The molecule has 5 nitrogen and oxygen atoms in total. The normalized spacial score (nSPS) is 18.2. The van der Waals surface area contributed by atoms with Crippen LogP contribution in [0.1, 0.15) is 61.8 Å². The van der Waals surface area contributed by atoms with Gasteiger partial charge in [-0.1, -0.05) is 13.0 Å². The summed E-state index contributed by atoms with van der Waals surface area (Å²) in [5.74, 6) is 1.13. The van der Waals surface area contributed by atoms with Crippen LogP contribution in [-0.4, -0.2) is 27.4 Å². The molecule has 1 aliphatic rings. The van der Waals surface area contributed by atoms with E-state index in [-0.39, 0.29) is 11.4 Å². The van der Waals surface area contributed by atoms with Gasteiger partial charge in [-0.3, -0.25) is 4.79 Å². The molecule has 28 heavy (non-hydrogen) atoms. The van der Waals surface area contributed by atoms with Crippen molar-refractivity contribution in [3.8, 4) is 5.75 Å². The quantitative estimate of drug-likeness (QED) is 0.647. The Morgan fingerprint density at radius 3 is 2.79 bits per heavy atom. The number of hydrogen-bond acceptors (Lipinski definition) is 3. The van der Waals surface area contributed by atoms with Gasteiger partial charge in [0.05, 0.1) is 6.61 Å². The zero-order chi connectivity index (χ0) is 20.1. The summed E-state index contributed by atoms with van der Waals surface area (Å²) < 4.78 is 7.65. The lowest BCUT2D eigenvalue weighted by Gasteiger charge is -2.45. The van der Waals surface area contributed by atoms with Crippen LogP contribution >= 0.6 is 0 Å². The second-order valence-corrected chi connectivity index (χ2v) is 8.23. The van der Waals surface area contributed by atoms with Crippen molar-refractivity contribution in [1.29, 1.82) is 0 Å². The molecule has 0 radical (unpaired) electrons. The topological polar surface area (TPSA) is 46.8 Å². The minimum Gasteiger partial charge on any atom is -0.494 e. The van der Waals surface area contributed by atoms with E-state index in [0.29, 0.717) is 18.2 Å². The van der Waals surface area contributed by atoms with Gasteiger partial charge in [0.25, 0.3) is 5.91 Å². The number of pyridine rings is 1. The number of carbonyl (C=O) groups is 1. The molecule has 0 fully saturated rings. The van der Waals surface area contributed by atoms with Crippen LogP contribution in [0.15, 0.2) is 42.6 Å². The first-order chi connectivity index (χ1) is 13.3. The SMILES string of the molecule is CCOc1ccc2c(c1)C(C)CC(C)(C)N2C(=O)c1cn2c(C)cccc2n1. The number of aryl methyl sites for hydroxylation is 1. The van der Waals surface area contributed by atoms with E-state index in [1.165, 1.54) is 0 Å². The van der Waals surface area contributed by atoms with Crippen molar-refractivity contribution >= 4 is 17.2 Å².